The number of rotatable bonds is 5. The molecule has 0 amide bonds. The van der Waals surface area contributed by atoms with Crippen molar-refractivity contribution in [2.24, 2.45) is 0 Å². The van der Waals surface area contributed by atoms with E-state index in [1.165, 1.54) is 0 Å². The molecule has 0 aliphatic rings. The van der Waals surface area contributed by atoms with Crippen LogP contribution in [0.25, 0.3) is 0 Å². The predicted octanol–water partition coefficient (Wildman–Crippen LogP) is 4.88. The summed E-state index contributed by atoms with van der Waals surface area (Å²) in [5.41, 5.74) is 0. The molecule has 0 N–H and O–H groups in total. The van der Waals surface area contributed by atoms with Crippen LogP contribution < -0.4 is 19.9 Å². The monoisotopic (exact) mass is 386 g/mol. The molecule has 116 valence electrons. The van der Waals surface area contributed by atoms with E-state index in [2.05, 4.69) is 34.1 Å². The second kappa shape index (κ2) is 7.63. The number of hydrogen-bond acceptors (Lipinski definition) is 2. The number of halogens is 1. The average Bonchev–Trinajstić information content (AvgIpc) is 2.62. The first-order valence-corrected chi connectivity index (χ1v) is 9.25. The molecule has 1 unspecified atom stereocenters. The molecule has 2 nitrogen and oxygen atoms in total. The Morgan fingerprint density at radius 3 is 2.04 bits per heavy atom. The Balaban J connectivity index is 2.06. The predicted molar refractivity (Wildman–Crippen MR) is 100 cm³/mol. The highest BCUT2D eigenvalue weighted by Crippen LogP contribution is 2.41. The minimum absolute atomic E-state index is 0.827. The van der Waals surface area contributed by atoms with Crippen LogP contribution in [0.4, 0.5) is 0 Å². The molecule has 0 bridgehead atoms. The molecule has 0 saturated heterocycles. The zero-order chi connectivity index (χ0) is 16.1. The molecular weight excluding hydrogens is 371 g/mol. The summed E-state index contributed by atoms with van der Waals surface area (Å²) >= 11 is 3.56. The van der Waals surface area contributed by atoms with Crippen LogP contribution in [0, 0.1) is 0 Å². The van der Waals surface area contributed by atoms with Gasteiger partial charge in [0.2, 0.25) is 0 Å². The van der Waals surface area contributed by atoms with Crippen LogP contribution in [0.15, 0.2) is 83.3 Å². The highest BCUT2D eigenvalue weighted by molar-refractivity contribution is 9.10. The summed E-state index contributed by atoms with van der Waals surface area (Å²) in [7, 11) is 0.665. The molecule has 0 heterocycles. The maximum Gasteiger partial charge on any atom is 0.154 e. The van der Waals surface area contributed by atoms with Crippen LogP contribution in [0.1, 0.15) is 0 Å². The molecule has 0 radical (unpaired) electrons. The van der Waals surface area contributed by atoms with Crippen molar-refractivity contribution >= 4 is 34.7 Å². The highest BCUT2D eigenvalue weighted by Gasteiger charge is 2.21. The van der Waals surface area contributed by atoms with Crippen LogP contribution in [0.5, 0.6) is 11.5 Å². The molecule has 0 spiro atoms. The van der Waals surface area contributed by atoms with Gasteiger partial charge in [0.15, 0.2) is 8.15 Å². The van der Waals surface area contributed by atoms with E-state index in [-0.39, 0.29) is 0 Å². The van der Waals surface area contributed by atoms with Crippen molar-refractivity contribution in [2.45, 2.75) is 0 Å². The van der Waals surface area contributed by atoms with Gasteiger partial charge in [-0.1, -0.05) is 54.6 Å². The van der Waals surface area contributed by atoms with E-state index in [1.807, 2.05) is 60.7 Å². The lowest BCUT2D eigenvalue weighted by Gasteiger charge is -2.21. The third kappa shape index (κ3) is 3.74. The zero-order valence-electron chi connectivity index (χ0n) is 12.6. The van der Waals surface area contributed by atoms with Gasteiger partial charge in [-0.3, -0.25) is 0 Å². The second-order valence-corrected chi connectivity index (χ2v) is 7.45. The fourth-order valence-corrected chi connectivity index (χ4v) is 4.58. The SMILES string of the molecule is COc1ccccc1P(Oc1ccccc1Br)c1ccccc1. The van der Waals surface area contributed by atoms with Gasteiger partial charge in [-0.2, -0.15) is 0 Å². The van der Waals surface area contributed by atoms with Crippen LogP contribution in [-0.2, 0) is 0 Å². The lowest BCUT2D eigenvalue weighted by atomic mass is 10.3. The quantitative estimate of drug-likeness (QED) is 0.581. The van der Waals surface area contributed by atoms with E-state index >= 15 is 0 Å². The first-order valence-electron chi connectivity index (χ1n) is 7.20. The lowest BCUT2D eigenvalue weighted by molar-refractivity contribution is 0.418. The first kappa shape index (κ1) is 16.0. The van der Waals surface area contributed by atoms with Gasteiger partial charge in [0.1, 0.15) is 11.5 Å². The van der Waals surface area contributed by atoms with Gasteiger partial charge in [0, 0.05) is 5.30 Å². The zero-order valence-corrected chi connectivity index (χ0v) is 15.1. The minimum atomic E-state index is -1.02. The third-order valence-electron chi connectivity index (χ3n) is 3.32. The Hall–Kier alpha value is -1.83. The molecule has 3 rings (SSSR count). The van der Waals surface area contributed by atoms with E-state index in [9.17, 15) is 0 Å². The Morgan fingerprint density at radius 1 is 0.739 bits per heavy atom. The molecule has 23 heavy (non-hydrogen) atoms. The van der Waals surface area contributed by atoms with Gasteiger partial charge in [0.25, 0.3) is 0 Å². The number of ether oxygens (including phenoxy) is 1. The van der Waals surface area contributed by atoms with E-state index in [0.29, 0.717) is 0 Å². The van der Waals surface area contributed by atoms with Gasteiger partial charge >= 0.3 is 0 Å². The average molecular weight is 387 g/mol. The maximum absolute atomic E-state index is 6.40. The van der Waals surface area contributed by atoms with Crippen molar-refractivity contribution in [3.8, 4) is 11.5 Å². The Morgan fingerprint density at radius 2 is 1.35 bits per heavy atom. The topological polar surface area (TPSA) is 18.5 Å². The number of benzene rings is 3. The van der Waals surface area contributed by atoms with Crippen LogP contribution in [0.2, 0.25) is 0 Å². The number of para-hydroxylation sites is 2. The summed E-state index contributed by atoms with van der Waals surface area (Å²) < 4.78 is 12.9. The van der Waals surface area contributed by atoms with Gasteiger partial charge in [0.05, 0.1) is 16.9 Å². The summed E-state index contributed by atoms with van der Waals surface area (Å²) in [4.78, 5) is 0. The van der Waals surface area contributed by atoms with E-state index in [0.717, 1.165) is 26.6 Å². The molecule has 4 heteroatoms. The summed E-state index contributed by atoms with van der Waals surface area (Å²) in [5.74, 6) is 1.67. The van der Waals surface area contributed by atoms with Crippen molar-refractivity contribution in [3.05, 3.63) is 83.3 Å². The largest absolute Gasteiger partial charge is 0.496 e. The summed E-state index contributed by atoms with van der Waals surface area (Å²) in [6.07, 6.45) is 0. The molecule has 0 aliphatic heterocycles. The Kier molecular flexibility index (Phi) is 5.32. The fraction of sp³-hybridized carbons (Fsp3) is 0.0526. The lowest BCUT2D eigenvalue weighted by Crippen LogP contribution is -2.17. The molecule has 0 aromatic heterocycles. The van der Waals surface area contributed by atoms with Crippen molar-refractivity contribution in [1.82, 2.24) is 0 Å². The number of hydrogen-bond donors (Lipinski definition) is 0. The summed E-state index contributed by atoms with van der Waals surface area (Å²) in [5, 5.41) is 2.20. The normalized spacial score (nSPS) is 11.7. The Labute approximate surface area is 146 Å². The van der Waals surface area contributed by atoms with E-state index in [1.54, 1.807) is 7.11 Å². The van der Waals surface area contributed by atoms with E-state index < -0.39 is 8.15 Å². The molecule has 0 saturated carbocycles. The van der Waals surface area contributed by atoms with Crippen LogP contribution in [-0.4, -0.2) is 7.11 Å². The van der Waals surface area contributed by atoms with Crippen molar-refractivity contribution < 1.29 is 9.26 Å². The van der Waals surface area contributed by atoms with Crippen molar-refractivity contribution in [2.75, 3.05) is 7.11 Å². The first-order chi connectivity index (χ1) is 11.3. The second-order valence-electron chi connectivity index (χ2n) is 4.82. The highest BCUT2D eigenvalue weighted by atomic mass is 79.9. The fourth-order valence-electron chi connectivity index (χ4n) is 2.22. The standard InChI is InChI=1S/C19H16BrO2P/c1-21-18-13-7-8-14-19(18)23(15-9-3-2-4-10-15)22-17-12-6-5-11-16(17)20/h2-14H,1H3. The Bertz CT molecular complexity index is 777. The van der Waals surface area contributed by atoms with Crippen molar-refractivity contribution in [1.29, 1.82) is 0 Å². The summed E-state index contributed by atoms with van der Waals surface area (Å²) in [6, 6.07) is 26.2. The molecular formula is C19H16BrO2P. The number of methoxy groups -OCH3 is 1. The summed E-state index contributed by atoms with van der Waals surface area (Å²) in [6.45, 7) is 0. The molecule has 0 fully saturated rings. The molecule has 1 atom stereocenters. The third-order valence-corrected chi connectivity index (χ3v) is 5.93. The van der Waals surface area contributed by atoms with Gasteiger partial charge in [-0.15, -0.1) is 0 Å². The molecule has 0 aliphatic carbocycles. The van der Waals surface area contributed by atoms with Crippen LogP contribution in [0.3, 0.4) is 0 Å². The molecule has 3 aromatic rings. The maximum atomic E-state index is 6.40. The smallest absolute Gasteiger partial charge is 0.154 e. The van der Waals surface area contributed by atoms with Crippen LogP contribution >= 0.6 is 24.1 Å². The minimum Gasteiger partial charge on any atom is -0.496 e. The molecule has 3 aromatic carbocycles. The van der Waals surface area contributed by atoms with E-state index in [4.69, 9.17) is 9.26 Å². The van der Waals surface area contributed by atoms with Gasteiger partial charge < -0.3 is 9.26 Å². The van der Waals surface area contributed by atoms with Gasteiger partial charge in [-0.25, -0.2) is 0 Å². The van der Waals surface area contributed by atoms with Crippen molar-refractivity contribution in [3.63, 3.8) is 0 Å². The van der Waals surface area contributed by atoms with Gasteiger partial charge in [-0.05, 0) is 40.2 Å².